The molecule has 0 saturated heterocycles. The van der Waals surface area contributed by atoms with Crippen molar-refractivity contribution in [3.05, 3.63) is 48.0 Å². The van der Waals surface area contributed by atoms with E-state index in [-0.39, 0.29) is 16.8 Å². The van der Waals surface area contributed by atoms with Crippen LogP contribution in [0.2, 0.25) is 0 Å². The van der Waals surface area contributed by atoms with Gasteiger partial charge in [0, 0.05) is 18.7 Å². The second kappa shape index (κ2) is 6.40. The van der Waals surface area contributed by atoms with Gasteiger partial charge in [0.15, 0.2) is 0 Å². The van der Waals surface area contributed by atoms with Crippen molar-refractivity contribution in [2.24, 2.45) is 0 Å². The molecule has 0 spiro atoms. The van der Waals surface area contributed by atoms with Gasteiger partial charge >= 0.3 is 0 Å². The van der Waals surface area contributed by atoms with E-state index in [1.165, 1.54) is 20.1 Å². The molecule has 1 aliphatic heterocycles. The van der Waals surface area contributed by atoms with Crippen molar-refractivity contribution in [1.29, 1.82) is 0 Å². The first-order valence-electron chi connectivity index (χ1n) is 7.92. The van der Waals surface area contributed by atoms with E-state index in [9.17, 15) is 13.2 Å². The Bertz CT molecular complexity index is 924. The Kier molecular flexibility index (Phi) is 4.43. The number of anilines is 2. The number of nitrogens with zero attached hydrogens (tertiary/aromatic N) is 1. The number of para-hydroxylation sites is 2. The average molecular weight is 360 g/mol. The third kappa shape index (κ3) is 3.19. The highest BCUT2D eigenvalue weighted by atomic mass is 32.2. The Hall–Kier alpha value is -2.54. The monoisotopic (exact) mass is 360 g/mol. The van der Waals surface area contributed by atoms with Gasteiger partial charge in [0.1, 0.15) is 5.75 Å². The van der Waals surface area contributed by atoms with Crippen molar-refractivity contribution in [2.75, 3.05) is 16.7 Å². The maximum Gasteiger partial charge on any atom is 0.262 e. The molecule has 0 aromatic heterocycles. The molecule has 1 heterocycles. The predicted octanol–water partition coefficient (Wildman–Crippen LogP) is 2.79. The molecular formula is C18H20N2O4S. The van der Waals surface area contributed by atoms with Crippen LogP contribution in [0.3, 0.4) is 0 Å². The van der Waals surface area contributed by atoms with Crippen LogP contribution in [0, 0.1) is 0 Å². The van der Waals surface area contributed by atoms with Gasteiger partial charge in [-0.2, -0.15) is 0 Å². The summed E-state index contributed by atoms with van der Waals surface area (Å²) in [5, 5.41) is 0. The van der Waals surface area contributed by atoms with Gasteiger partial charge in [0.05, 0.1) is 17.7 Å². The summed E-state index contributed by atoms with van der Waals surface area (Å²) in [6.07, 6.45) is 0.632. The zero-order valence-electron chi connectivity index (χ0n) is 14.3. The molecule has 2 aromatic carbocycles. The summed E-state index contributed by atoms with van der Waals surface area (Å²) in [5.41, 5.74) is 2.01. The van der Waals surface area contributed by atoms with Gasteiger partial charge in [-0.3, -0.25) is 9.52 Å². The molecule has 1 amide bonds. The lowest BCUT2D eigenvalue weighted by atomic mass is 10.1. The lowest BCUT2D eigenvalue weighted by Gasteiger charge is -2.20. The first kappa shape index (κ1) is 17.3. The van der Waals surface area contributed by atoms with Crippen LogP contribution in [0.5, 0.6) is 5.75 Å². The van der Waals surface area contributed by atoms with E-state index in [0.717, 1.165) is 11.3 Å². The van der Waals surface area contributed by atoms with Crippen molar-refractivity contribution in [1.82, 2.24) is 0 Å². The third-order valence-corrected chi connectivity index (χ3v) is 5.63. The fourth-order valence-electron chi connectivity index (χ4n) is 3.19. The van der Waals surface area contributed by atoms with Crippen LogP contribution in [-0.2, 0) is 21.2 Å². The largest absolute Gasteiger partial charge is 0.495 e. The van der Waals surface area contributed by atoms with Gasteiger partial charge in [-0.1, -0.05) is 12.1 Å². The minimum absolute atomic E-state index is 0.0210. The number of amides is 1. The molecule has 1 atom stereocenters. The van der Waals surface area contributed by atoms with E-state index in [2.05, 4.69) is 4.72 Å². The van der Waals surface area contributed by atoms with Crippen LogP contribution in [0.25, 0.3) is 0 Å². The van der Waals surface area contributed by atoms with Crippen LogP contribution in [0.4, 0.5) is 11.4 Å². The topological polar surface area (TPSA) is 75.7 Å². The van der Waals surface area contributed by atoms with E-state index in [4.69, 9.17) is 4.74 Å². The second-order valence-electron chi connectivity index (χ2n) is 6.04. The number of nitrogens with one attached hydrogen (secondary N) is 1. The molecule has 0 radical (unpaired) electrons. The Labute approximate surface area is 147 Å². The lowest BCUT2D eigenvalue weighted by molar-refractivity contribution is -0.116. The van der Waals surface area contributed by atoms with Crippen molar-refractivity contribution >= 4 is 27.3 Å². The number of benzene rings is 2. The molecule has 132 valence electrons. The summed E-state index contributed by atoms with van der Waals surface area (Å²) in [6, 6.07) is 11.7. The first-order chi connectivity index (χ1) is 11.8. The maximum absolute atomic E-state index is 12.7. The minimum atomic E-state index is -3.76. The van der Waals surface area contributed by atoms with Gasteiger partial charge in [-0.15, -0.1) is 0 Å². The second-order valence-corrected chi connectivity index (χ2v) is 7.72. The fraction of sp³-hybridized carbons (Fsp3) is 0.278. The normalized spacial score (nSPS) is 16.4. The molecule has 0 aliphatic carbocycles. The molecule has 1 N–H and O–H groups in total. The molecule has 1 aliphatic rings. The molecule has 6 nitrogen and oxygen atoms in total. The van der Waals surface area contributed by atoms with Crippen LogP contribution >= 0.6 is 0 Å². The summed E-state index contributed by atoms with van der Waals surface area (Å²) < 4.78 is 33.2. The Balaban J connectivity index is 1.95. The summed E-state index contributed by atoms with van der Waals surface area (Å²) >= 11 is 0. The van der Waals surface area contributed by atoms with Gasteiger partial charge in [-0.25, -0.2) is 8.42 Å². The van der Waals surface area contributed by atoms with Crippen LogP contribution < -0.4 is 14.4 Å². The van der Waals surface area contributed by atoms with E-state index >= 15 is 0 Å². The fourth-order valence-corrected chi connectivity index (χ4v) is 4.31. The van der Waals surface area contributed by atoms with Gasteiger partial charge in [0.2, 0.25) is 5.91 Å². The standard InChI is InChI=1S/C18H20N2O4S/c1-12-10-14-11-15(8-9-17(14)20(12)13(2)21)25(22,23)19-16-6-4-5-7-18(16)24-3/h4-9,11-12,19H,10H2,1-3H3. The molecule has 2 aromatic rings. The van der Waals surface area contributed by atoms with Crippen LogP contribution in [-0.4, -0.2) is 27.5 Å². The SMILES string of the molecule is COc1ccccc1NS(=O)(=O)c1ccc2c(c1)CC(C)N2C(C)=O. The number of carbonyl (C=O) groups excluding carboxylic acids is 1. The summed E-state index contributed by atoms with van der Waals surface area (Å²) in [5.74, 6) is 0.401. The molecule has 1 unspecified atom stereocenters. The molecular weight excluding hydrogens is 340 g/mol. The van der Waals surface area contributed by atoms with Crippen molar-refractivity contribution in [3.8, 4) is 5.75 Å². The summed E-state index contributed by atoms with van der Waals surface area (Å²) in [7, 11) is -2.27. The number of hydrogen-bond acceptors (Lipinski definition) is 4. The highest BCUT2D eigenvalue weighted by Crippen LogP contribution is 2.34. The minimum Gasteiger partial charge on any atom is -0.495 e. The number of ether oxygens (including phenoxy) is 1. The number of rotatable bonds is 4. The lowest BCUT2D eigenvalue weighted by Crippen LogP contribution is -2.33. The number of fused-ring (bicyclic) bond motifs is 1. The van der Waals surface area contributed by atoms with Crippen molar-refractivity contribution in [3.63, 3.8) is 0 Å². The molecule has 0 fully saturated rings. The quantitative estimate of drug-likeness (QED) is 0.910. The third-order valence-electron chi connectivity index (χ3n) is 4.27. The highest BCUT2D eigenvalue weighted by molar-refractivity contribution is 7.92. The Morgan fingerprint density at radius 3 is 2.64 bits per heavy atom. The van der Waals surface area contributed by atoms with E-state index < -0.39 is 10.0 Å². The molecule has 25 heavy (non-hydrogen) atoms. The van der Waals surface area contributed by atoms with Gasteiger partial charge < -0.3 is 9.64 Å². The Morgan fingerprint density at radius 2 is 1.96 bits per heavy atom. The van der Waals surface area contributed by atoms with Crippen LogP contribution in [0.1, 0.15) is 19.4 Å². The van der Waals surface area contributed by atoms with Crippen molar-refractivity contribution < 1.29 is 17.9 Å². The molecule has 0 bridgehead atoms. The number of carbonyl (C=O) groups is 1. The predicted molar refractivity (Wildman–Crippen MR) is 96.6 cm³/mol. The number of sulfonamides is 1. The van der Waals surface area contributed by atoms with E-state index in [0.29, 0.717) is 17.9 Å². The Morgan fingerprint density at radius 1 is 1.24 bits per heavy atom. The van der Waals surface area contributed by atoms with E-state index in [1.54, 1.807) is 41.3 Å². The summed E-state index contributed by atoms with van der Waals surface area (Å²) in [6.45, 7) is 3.46. The van der Waals surface area contributed by atoms with E-state index in [1.807, 2.05) is 6.92 Å². The average Bonchev–Trinajstić information content (AvgIpc) is 2.90. The smallest absolute Gasteiger partial charge is 0.262 e. The van der Waals surface area contributed by atoms with Crippen molar-refractivity contribution in [2.45, 2.75) is 31.2 Å². The first-order valence-corrected chi connectivity index (χ1v) is 9.40. The zero-order chi connectivity index (χ0) is 18.2. The maximum atomic E-state index is 12.7. The van der Waals surface area contributed by atoms with Crippen LogP contribution in [0.15, 0.2) is 47.4 Å². The van der Waals surface area contributed by atoms with Gasteiger partial charge in [0.25, 0.3) is 10.0 Å². The number of methoxy groups -OCH3 is 1. The zero-order valence-corrected chi connectivity index (χ0v) is 15.1. The molecule has 7 heteroatoms. The van der Waals surface area contributed by atoms with Gasteiger partial charge in [-0.05, 0) is 49.2 Å². The number of hydrogen-bond donors (Lipinski definition) is 1. The molecule has 0 saturated carbocycles. The highest BCUT2D eigenvalue weighted by Gasteiger charge is 2.30. The summed E-state index contributed by atoms with van der Waals surface area (Å²) in [4.78, 5) is 13.6. The molecule has 3 rings (SSSR count).